The van der Waals surface area contributed by atoms with Gasteiger partial charge in [0.15, 0.2) is 0 Å². The van der Waals surface area contributed by atoms with Gasteiger partial charge >= 0.3 is 6.18 Å². The maximum absolute atomic E-state index is 12.7. The number of alkyl halides is 3. The van der Waals surface area contributed by atoms with Gasteiger partial charge in [0, 0.05) is 9.37 Å². The van der Waals surface area contributed by atoms with Crippen LogP contribution < -0.4 is 0 Å². The monoisotopic (exact) mass is 312 g/mol. The molecule has 1 aromatic carbocycles. The summed E-state index contributed by atoms with van der Waals surface area (Å²) in [5, 5.41) is 0.135. The van der Waals surface area contributed by atoms with Crippen molar-refractivity contribution in [3.05, 3.63) is 28.2 Å². The first-order chi connectivity index (χ1) is 7.47. The van der Waals surface area contributed by atoms with Gasteiger partial charge in [-0.2, -0.15) is 13.2 Å². The van der Waals surface area contributed by atoms with Gasteiger partial charge in [0.25, 0.3) is 0 Å². The summed E-state index contributed by atoms with van der Waals surface area (Å²) in [5.41, 5.74) is -0.576. The normalized spacial score (nSPS) is 17.2. The molecule has 0 unspecified atom stereocenters. The van der Waals surface area contributed by atoms with Crippen LogP contribution in [0.1, 0.15) is 5.56 Å². The average Bonchev–Trinajstić information content (AvgIpc) is 2.09. The minimum Gasteiger partial charge on any atom is -0.379 e. The van der Waals surface area contributed by atoms with Crippen LogP contribution in [0.25, 0.3) is 0 Å². The van der Waals surface area contributed by atoms with Crippen LogP contribution in [0.2, 0.25) is 0 Å². The van der Waals surface area contributed by atoms with Crippen LogP contribution in [0.3, 0.4) is 0 Å². The van der Waals surface area contributed by atoms with Crippen LogP contribution in [-0.2, 0) is 10.9 Å². The van der Waals surface area contributed by atoms with E-state index in [4.69, 9.17) is 4.74 Å². The molecular formula is C10H8BrF3OS. The van der Waals surface area contributed by atoms with Crippen LogP contribution in [-0.4, -0.2) is 18.5 Å². The Hall–Kier alpha value is -0.200. The summed E-state index contributed by atoms with van der Waals surface area (Å²) in [4.78, 5) is 0.259. The predicted molar refractivity (Wildman–Crippen MR) is 59.6 cm³/mol. The number of hydrogen-bond donors (Lipinski definition) is 0. The molecule has 1 nitrogen and oxygen atoms in total. The van der Waals surface area contributed by atoms with E-state index in [1.165, 1.54) is 23.9 Å². The molecule has 0 bridgehead atoms. The number of halogens is 4. The molecule has 1 heterocycles. The molecule has 1 aliphatic rings. The van der Waals surface area contributed by atoms with Gasteiger partial charge in [0.05, 0.1) is 24.0 Å². The molecule has 0 spiro atoms. The molecule has 1 aromatic rings. The third kappa shape index (κ3) is 2.73. The molecule has 1 saturated heterocycles. The Bertz CT molecular complexity index is 390. The van der Waals surface area contributed by atoms with Crippen LogP contribution in [0.4, 0.5) is 13.2 Å². The molecule has 1 aliphatic heterocycles. The first-order valence-corrected chi connectivity index (χ1v) is 6.25. The van der Waals surface area contributed by atoms with Crippen LogP contribution in [0.15, 0.2) is 27.6 Å². The zero-order valence-corrected chi connectivity index (χ0v) is 10.5. The van der Waals surface area contributed by atoms with Gasteiger partial charge in [-0.25, -0.2) is 0 Å². The minimum absolute atomic E-state index is 0.135. The van der Waals surface area contributed by atoms with Gasteiger partial charge in [-0.3, -0.25) is 0 Å². The average molecular weight is 313 g/mol. The molecule has 0 atom stereocenters. The lowest BCUT2D eigenvalue weighted by Gasteiger charge is -2.26. The summed E-state index contributed by atoms with van der Waals surface area (Å²) in [6, 6.07) is 4.02. The Morgan fingerprint density at radius 2 is 2.00 bits per heavy atom. The molecule has 16 heavy (non-hydrogen) atoms. The Morgan fingerprint density at radius 3 is 2.50 bits per heavy atom. The van der Waals surface area contributed by atoms with Crippen molar-refractivity contribution in [1.82, 2.24) is 0 Å². The minimum atomic E-state index is -4.30. The fourth-order valence-electron chi connectivity index (χ4n) is 1.29. The van der Waals surface area contributed by atoms with Crippen LogP contribution in [0.5, 0.6) is 0 Å². The SMILES string of the molecule is FC(F)(F)c1ccc(Br)cc1SC1COC1. The van der Waals surface area contributed by atoms with Crippen molar-refractivity contribution in [3.63, 3.8) is 0 Å². The van der Waals surface area contributed by atoms with Crippen molar-refractivity contribution in [2.75, 3.05) is 13.2 Å². The quantitative estimate of drug-likeness (QED) is 0.817. The maximum Gasteiger partial charge on any atom is 0.417 e. The van der Waals surface area contributed by atoms with Gasteiger partial charge in [-0.15, -0.1) is 11.8 Å². The van der Waals surface area contributed by atoms with Crippen molar-refractivity contribution < 1.29 is 17.9 Å². The fourth-order valence-corrected chi connectivity index (χ4v) is 3.00. The highest BCUT2D eigenvalue weighted by Gasteiger charge is 2.34. The lowest BCUT2D eigenvalue weighted by Crippen LogP contribution is -2.30. The summed E-state index contributed by atoms with van der Waals surface area (Å²) in [5.74, 6) is 0. The molecule has 0 radical (unpaired) electrons. The highest BCUT2D eigenvalue weighted by Crippen LogP contribution is 2.40. The zero-order chi connectivity index (χ0) is 11.8. The summed E-state index contributed by atoms with van der Waals surface area (Å²) in [7, 11) is 0. The summed E-state index contributed by atoms with van der Waals surface area (Å²) >= 11 is 4.40. The third-order valence-electron chi connectivity index (χ3n) is 2.15. The second-order valence-electron chi connectivity index (χ2n) is 3.42. The zero-order valence-electron chi connectivity index (χ0n) is 8.05. The topological polar surface area (TPSA) is 9.23 Å². The van der Waals surface area contributed by atoms with E-state index in [0.29, 0.717) is 17.7 Å². The fraction of sp³-hybridized carbons (Fsp3) is 0.400. The highest BCUT2D eigenvalue weighted by atomic mass is 79.9. The van der Waals surface area contributed by atoms with E-state index in [9.17, 15) is 13.2 Å². The highest BCUT2D eigenvalue weighted by molar-refractivity contribution is 9.10. The van der Waals surface area contributed by atoms with Crippen LogP contribution >= 0.6 is 27.7 Å². The summed E-state index contributed by atoms with van der Waals surface area (Å²) < 4.78 is 43.7. The van der Waals surface area contributed by atoms with Crippen molar-refractivity contribution in [3.8, 4) is 0 Å². The number of benzene rings is 1. The third-order valence-corrected chi connectivity index (χ3v) is 3.84. The number of ether oxygens (including phenoxy) is 1. The van der Waals surface area contributed by atoms with Crippen LogP contribution in [0, 0.1) is 0 Å². The molecule has 0 amide bonds. The van der Waals surface area contributed by atoms with E-state index in [2.05, 4.69) is 15.9 Å². The molecule has 1 fully saturated rings. The van der Waals surface area contributed by atoms with Crippen molar-refractivity contribution in [1.29, 1.82) is 0 Å². The molecule has 2 rings (SSSR count). The largest absolute Gasteiger partial charge is 0.417 e. The number of thioether (sulfide) groups is 1. The first-order valence-electron chi connectivity index (χ1n) is 4.58. The Morgan fingerprint density at radius 1 is 1.31 bits per heavy atom. The van der Waals surface area contributed by atoms with Crippen molar-refractivity contribution in [2.24, 2.45) is 0 Å². The number of hydrogen-bond acceptors (Lipinski definition) is 2. The molecule has 88 valence electrons. The van der Waals surface area contributed by atoms with Crippen molar-refractivity contribution >= 4 is 27.7 Å². The van der Waals surface area contributed by atoms with Gasteiger partial charge < -0.3 is 4.74 Å². The molecule has 0 aliphatic carbocycles. The number of rotatable bonds is 2. The summed E-state index contributed by atoms with van der Waals surface area (Å²) in [6.45, 7) is 1.04. The standard InChI is InChI=1S/C10H8BrF3OS/c11-6-1-2-8(10(12,13)14)9(3-6)16-7-4-15-5-7/h1-3,7H,4-5H2. The van der Waals surface area contributed by atoms with E-state index < -0.39 is 11.7 Å². The molecule has 0 aromatic heterocycles. The molecule has 6 heteroatoms. The second kappa shape index (κ2) is 4.58. The van der Waals surface area contributed by atoms with Gasteiger partial charge in [-0.05, 0) is 18.2 Å². The van der Waals surface area contributed by atoms with E-state index in [-0.39, 0.29) is 10.1 Å². The molecular weight excluding hydrogens is 305 g/mol. The van der Waals surface area contributed by atoms with Gasteiger partial charge in [-0.1, -0.05) is 15.9 Å². The predicted octanol–water partition coefficient (Wildman–Crippen LogP) is 3.96. The van der Waals surface area contributed by atoms with E-state index in [1.807, 2.05) is 0 Å². The first kappa shape index (κ1) is 12.3. The Balaban J connectivity index is 2.28. The van der Waals surface area contributed by atoms with E-state index in [1.54, 1.807) is 0 Å². The summed E-state index contributed by atoms with van der Waals surface area (Å²) in [6.07, 6.45) is -4.30. The Kier molecular flexibility index (Phi) is 3.51. The lowest BCUT2D eigenvalue weighted by atomic mass is 10.2. The van der Waals surface area contributed by atoms with E-state index >= 15 is 0 Å². The van der Waals surface area contributed by atoms with Crippen molar-refractivity contribution in [2.45, 2.75) is 16.3 Å². The Labute approximate surface area is 103 Å². The maximum atomic E-state index is 12.7. The molecule has 0 N–H and O–H groups in total. The second-order valence-corrected chi connectivity index (χ2v) is 5.67. The van der Waals surface area contributed by atoms with Gasteiger partial charge in [0.1, 0.15) is 0 Å². The smallest absolute Gasteiger partial charge is 0.379 e. The van der Waals surface area contributed by atoms with Gasteiger partial charge in [0.2, 0.25) is 0 Å². The lowest BCUT2D eigenvalue weighted by molar-refractivity contribution is -0.139. The molecule has 0 saturated carbocycles. The van der Waals surface area contributed by atoms with E-state index in [0.717, 1.165) is 6.07 Å².